The lowest BCUT2D eigenvalue weighted by Crippen LogP contribution is -2.17. The normalized spacial score (nSPS) is 12.7. The van der Waals surface area contributed by atoms with E-state index in [2.05, 4.69) is 4.90 Å². The second-order valence-electron chi connectivity index (χ2n) is 2.76. The van der Waals surface area contributed by atoms with Crippen LogP contribution in [0.3, 0.4) is 0 Å². The first-order valence-electron chi connectivity index (χ1n) is 5.10. The van der Waals surface area contributed by atoms with Gasteiger partial charge in [0.25, 0.3) is 0 Å². The van der Waals surface area contributed by atoms with Gasteiger partial charge in [-0.1, -0.05) is 13.8 Å². The van der Waals surface area contributed by atoms with Gasteiger partial charge in [-0.15, -0.1) is 0 Å². The van der Waals surface area contributed by atoms with Crippen molar-refractivity contribution in [3.8, 4) is 0 Å². The van der Waals surface area contributed by atoms with Gasteiger partial charge in [0.1, 0.15) is 0 Å². The third kappa shape index (κ3) is 16.5. The van der Waals surface area contributed by atoms with E-state index in [9.17, 15) is 0 Å². The number of aliphatic hydroxyl groups excluding tert-OH is 1. The minimum atomic E-state index is -0.812. The van der Waals surface area contributed by atoms with Gasteiger partial charge in [-0.2, -0.15) is 0 Å². The maximum atomic E-state index is 8.33. The summed E-state index contributed by atoms with van der Waals surface area (Å²) in [5, 5.41) is 8.33. The molecule has 0 spiro atoms. The Morgan fingerprint density at radius 3 is 2.33 bits per heavy atom. The zero-order chi connectivity index (χ0) is 12.1. The quantitative estimate of drug-likeness (QED) is 0.546. The van der Waals surface area contributed by atoms with E-state index in [4.69, 9.17) is 14.2 Å². The summed E-state index contributed by atoms with van der Waals surface area (Å²) >= 11 is 0. The molecular weight excluding hydrogens is 213 g/mol. The van der Waals surface area contributed by atoms with Crippen LogP contribution in [0.25, 0.3) is 0 Å². The van der Waals surface area contributed by atoms with E-state index in [0.29, 0.717) is 13.2 Å². The van der Waals surface area contributed by atoms with Crippen LogP contribution in [0.5, 0.6) is 0 Å². The number of hydrogen-bond acceptors (Lipinski definition) is 4. The van der Waals surface area contributed by atoms with Gasteiger partial charge in [0.05, 0.1) is 19.5 Å². The van der Waals surface area contributed by atoms with Crippen LogP contribution in [-0.2, 0) is 9.05 Å². The summed E-state index contributed by atoms with van der Waals surface area (Å²) in [6.07, 6.45) is 2.51. The van der Waals surface area contributed by atoms with Gasteiger partial charge in [-0.05, 0) is 20.2 Å². The second kappa shape index (κ2) is 13.8. The second-order valence-corrected chi connectivity index (χ2v) is 4.15. The van der Waals surface area contributed by atoms with Crippen molar-refractivity contribution >= 4 is 8.38 Å². The molecule has 15 heavy (non-hydrogen) atoms. The van der Waals surface area contributed by atoms with Crippen molar-refractivity contribution in [2.24, 2.45) is 0 Å². The predicted molar refractivity (Wildman–Crippen MR) is 66.4 cm³/mol. The summed E-state index contributed by atoms with van der Waals surface area (Å²) in [4.78, 5) is 2.05. The molecule has 0 saturated heterocycles. The zero-order valence-corrected chi connectivity index (χ0v) is 11.3. The molecule has 1 N–H and O–H groups in total. The molecule has 5 heteroatoms. The Morgan fingerprint density at radius 2 is 1.87 bits per heavy atom. The molecular formula is C10H24NO3P. The molecule has 1 atom stereocenters. The topological polar surface area (TPSA) is 41.9 Å². The van der Waals surface area contributed by atoms with Crippen LogP contribution in [0, 0.1) is 0 Å². The summed E-state index contributed by atoms with van der Waals surface area (Å²) in [7, 11) is 3.18. The van der Waals surface area contributed by atoms with Crippen molar-refractivity contribution in [3.63, 3.8) is 0 Å². The van der Waals surface area contributed by atoms with Crippen LogP contribution in [0.2, 0.25) is 0 Å². The monoisotopic (exact) mass is 237 g/mol. The highest BCUT2D eigenvalue weighted by atomic mass is 31.2. The number of rotatable bonds is 7. The predicted octanol–water partition coefficient (Wildman–Crippen LogP) is 2.62. The first-order chi connectivity index (χ1) is 7.16. The van der Waals surface area contributed by atoms with Crippen molar-refractivity contribution in [2.45, 2.75) is 13.8 Å². The first kappa shape index (κ1) is 17.3. The molecule has 0 heterocycles. The van der Waals surface area contributed by atoms with Crippen molar-refractivity contribution in [1.82, 2.24) is 4.90 Å². The smallest absolute Gasteiger partial charge is 0.167 e. The van der Waals surface area contributed by atoms with E-state index >= 15 is 0 Å². The lowest BCUT2D eigenvalue weighted by atomic mass is 10.6. The molecule has 92 valence electrons. The zero-order valence-electron chi connectivity index (χ0n) is 10.4. The average Bonchev–Trinajstić information content (AvgIpc) is 2.21. The molecule has 0 radical (unpaired) electrons. The molecule has 0 aromatic heterocycles. The maximum Gasteiger partial charge on any atom is 0.167 e. The van der Waals surface area contributed by atoms with Crippen molar-refractivity contribution in [2.75, 3.05) is 40.5 Å². The van der Waals surface area contributed by atoms with E-state index in [0.717, 1.165) is 12.8 Å². The minimum absolute atomic E-state index is 0.403. The van der Waals surface area contributed by atoms with Gasteiger partial charge in [-0.3, -0.25) is 0 Å². The van der Waals surface area contributed by atoms with E-state index in [1.807, 2.05) is 34.6 Å². The molecule has 0 fully saturated rings. The summed E-state index contributed by atoms with van der Waals surface area (Å²) in [5.41, 5.74) is 0. The molecule has 0 aromatic carbocycles. The molecule has 1 unspecified atom stereocenters. The highest BCUT2D eigenvalue weighted by molar-refractivity contribution is 7.46. The van der Waals surface area contributed by atoms with Gasteiger partial charge in [-0.25, -0.2) is 0 Å². The van der Waals surface area contributed by atoms with Gasteiger partial charge in [0, 0.05) is 13.2 Å². The van der Waals surface area contributed by atoms with Crippen LogP contribution in [-0.4, -0.2) is 50.5 Å². The van der Waals surface area contributed by atoms with Crippen LogP contribution in [0.1, 0.15) is 13.8 Å². The van der Waals surface area contributed by atoms with E-state index in [-0.39, 0.29) is 0 Å². The Hall–Kier alpha value is -0.150. The van der Waals surface area contributed by atoms with Crippen LogP contribution in [0.4, 0.5) is 0 Å². The van der Waals surface area contributed by atoms with Crippen LogP contribution >= 0.6 is 8.38 Å². The SMILES string of the molecule is CC.CN(C)CCOP(C)OC/C=C/O. The largest absolute Gasteiger partial charge is 0.516 e. The van der Waals surface area contributed by atoms with Gasteiger partial charge >= 0.3 is 0 Å². The number of likely N-dealkylation sites (N-methyl/N-ethyl adjacent to an activating group) is 1. The molecule has 0 aromatic rings. The van der Waals surface area contributed by atoms with E-state index < -0.39 is 8.38 Å². The fraction of sp³-hybridized carbons (Fsp3) is 0.800. The van der Waals surface area contributed by atoms with Gasteiger partial charge < -0.3 is 19.1 Å². The maximum absolute atomic E-state index is 8.33. The first-order valence-corrected chi connectivity index (χ1v) is 6.72. The fourth-order valence-corrected chi connectivity index (χ4v) is 1.29. The fourth-order valence-electron chi connectivity index (χ4n) is 0.580. The Labute approximate surface area is 94.8 Å². The number of hydrogen-bond donors (Lipinski definition) is 1. The molecule has 0 bridgehead atoms. The lowest BCUT2D eigenvalue weighted by Gasteiger charge is -2.14. The molecule has 0 aliphatic carbocycles. The highest BCUT2D eigenvalue weighted by Crippen LogP contribution is 2.32. The van der Waals surface area contributed by atoms with Gasteiger partial charge in [0.2, 0.25) is 0 Å². The molecule has 0 amide bonds. The molecule has 0 aliphatic rings. The van der Waals surface area contributed by atoms with E-state index in [1.54, 1.807) is 0 Å². The lowest BCUT2D eigenvalue weighted by molar-refractivity contribution is 0.239. The molecule has 4 nitrogen and oxygen atoms in total. The van der Waals surface area contributed by atoms with Crippen molar-refractivity contribution in [3.05, 3.63) is 12.3 Å². The molecule has 0 rings (SSSR count). The summed E-state index contributed by atoms with van der Waals surface area (Å²) in [5.74, 6) is 0. The van der Waals surface area contributed by atoms with Crippen LogP contribution < -0.4 is 0 Å². The average molecular weight is 237 g/mol. The van der Waals surface area contributed by atoms with Crippen molar-refractivity contribution in [1.29, 1.82) is 0 Å². The van der Waals surface area contributed by atoms with Crippen LogP contribution in [0.15, 0.2) is 12.3 Å². The summed E-state index contributed by atoms with van der Waals surface area (Å²) in [6.45, 7) is 7.88. The Balaban J connectivity index is 0. The Morgan fingerprint density at radius 1 is 1.27 bits per heavy atom. The highest BCUT2D eigenvalue weighted by Gasteiger charge is 2.01. The number of nitrogens with zero attached hydrogens (tertiary/aromatic N) is 1. The minimum Gasteiger partial charge on any atom is -0.516 e. The standard InChI is InChI=1S/C8H18NO3P.C2H6/c1-9(2)5-8-12-13(3)11-7-4-6-10;1-2/h4,6,10H,5,7-8H2,1-3H3;1-2H3/b6-4+;. The Bertz CT molecular complexity index is 143. The summed E-state index contributed by atoms with van der Waals surface area (Å²) in [6, 6.07) is 0. The third-order valence-corrected chi connectivity index (χ3v) is 2.33. The summed E-state index contributed by atoms with van der Waals surface area (Å²) < 4.78 is 10.6. The number of aliphatic hydroxyl groups is 1. The Kier molecular flexibility index (Phi) is 15.9. The third-order valence-electron chi connectivity index (χ3n) is 1.27. The molecule has 0 saturated carbocycles. The van der Waals surface area contributed by atoms with E-state index in [1.165, 1.54) is 6.08 Å². The van der Waals surface area contributed by atoms with Crippen molar-refractivity contribution < 1.29 is 14.2 Å². The molecule has 0 aliphatic heterocycles. The van der Waals surface area contributed by atoms with Gasteiger partial charge in [0.15, 0.2) is 8.38 Å².